The second-order valence-electron chi connectivity index (χ2n) is 5.45. The molecule has 122 valence electrons. The highest BCUT2D eigenvalue weighted by molar-refractivity contribution is 6.30. The van der Waals surface area contributed by atoms with Gasteiger partial charge in [-0.05, 0) is 31.4 Å². The highest BCUT2D eigenvalue weighted by atomic mass is 35.5. The first-order chi connectivity index (χ1) is 11.2. The summed E-state index contributed by atoms with van der Waals surface area (Å²) in [7, 11) is 1.60. The Balaban J connectivity index is 1.82. The number of ether oxygens (including phenoxy) is 1. The molecule has 3 rings (SSSR count). The maximum Gasteiger partial charge on any atom is 0.273 e. The van der Waals surface area contributed by atoms with E-state index in [1.165, 1.54) is 6.20 Å². The van der Waals surface area contributed by atoms with Crippen molar-refractivity contribution in [3.8, 4) is 0 Å². The summed E-state index contributed by atoms with van der Waals surface area (Å²) in [5, 5.41) is 7.61. The van der Waals surface area contributed by atoms with Gasteiger partial charge in [-0.1, -0.05) is 11.6 Å². The fraction of sp³-hybridized carbons (Fsp3) is 0.467. The van der Waals surface area contributed by atoms with Gasteiger partial charge in [-0.3, -0.25) is 9.89 Å². The molecule has 1 atom stereocenters. The lowest BCUT2D eigenvalue weighted by Gasteiger charge is -2.33. The zero-order valence-electron chi connectivity index (χ0n) is 12.8. The van der Waals surface area contributed by atoms with Crippen LogP contribution in [-0.4, -0.2) is 44.6 Å². The van der Waals surface area contributed by atoms with Crippen LogP contribution in [0.25, 0.3) is 0 Å². The van der Waals surface area contributed by atoms with Crippen molar-refractivity contribution in [2.75, 3.05) is 13.7 Å². The summed E-state index contributed by atoms with van der Waals surface area (Å²) in [6, 6.07) is 3.17. The fourth-order valence-corrected chi connectivity index (χ4v) is 2.86. The van der Waals surface area contributed by atoms with Crippen LogP contribution in [0, 0.1) is 0 Å². The van der Waals surface area contributed by atoms with E-state index in [1.807, 2.05) is 0 Å². The first-order valence-corrected chi connectivity index (χ1v) is 7.89. The summed E-state index contributed by atoms with van der Waals surface area (Å²) in [4.78, 5) is 23.1. The Morgan fingerprint density at radius 1 is 1.48 bits per heavy atom. The van der Waals surface area contributed by atoms with Gasteiger partial charge in [-0.2, -0.15) is 5.10 Å². The minimum Gasteiger partial charge on any atom is -0.377 e. The Kier molecular flexibility index (Phi) is 4.88. The number of carbonyl (C=O) groups excluding carboxylic acids is 1. The summed E-state index contributed by atoms with van der Waals surface area (Å²) in [5.41, 5.74) is 0.383. The topological polar surface area (TPSA) is 84.0 Å². The number of pyridine rings is 1. The minimum absolute atomic E-state index is 0.121. The highest BCUT2D eigenvalue weighted by Gasteiger charge is 2.31. The van der Waals surface area contributed by atoms with E-state index in [1.54, 1.807) is 24.1 Å². The molecule has 3 heterocycles. The third kappa shape index (κ3) is 3.51. The molecule has 0 saturated carbocycles. The van der Waals surface area contributed by atoms with E-state index in [2.05, 4.69) is 20.2 Å². The van der Waals surface area contributed by atoms with Crippen molar-refractivity contribution in [3.63, 3.8) is 0 Å². The number of nitrogens with one attached hydrogen (secondary N) is 1. The molecule has 23 heavy (non-hydrogen) atoms. The molecule has 0 unspecified atom stereocenters. The smallest absolute Gasteiger partial charge is 0.273 e. The van der Waals surface area contributed by atoms with Gasteiger partial charge in [0.2, 0.25) is 0 Å². The Morgan fingerprint density at radius 2 is 2.35 bits per heavy atom. The van der Waals surface area contributed by atoms with Crippen molar-refractivity contribution in [3.05, 3.63) is 40.7 Å². The van der Waals surface area contributed by atoms with Crippen LogP contribution in [0.15, 0.2) is 18.3 Å². The van der Waals surface area contributed by atoms with Crippen LogP contribution in [0.5, 0.6) is 0 Å². The maximum absolute atomic E-state index is 12.8. The van der Waals surface area contributed by atoms with Gasteiger partial charge in [0.1, 0.15) is 12.3 Å². The van der Waals surface area contributed by atoms with Crippen LogP contribution in [0.1, 0.15) is 47.4 Å². The summed E-state index contributed by atoms with van der Waals surface area (Å²) in [6.07, 6.45) is 4.32. The number of piperidine rings is 1. The molecule has 1 N–H and O–H groups in total. The Morgan fingerprint density at radius 3 is 3.09 bits per heavy atom. The number of amides is 1. The monoisotopic (exact) mass is 335 g/mol. The summed E-state index contributed by atoms with van der Waals surface area (Å²) < 4.78 is 5.05. The highest BCUT2D eigenvalue weighted by Crippen LogP contribution is 2.30. The number of hydrogen-bond acceptors (Lipinski definition) is 5. The van der Waals surface area contributed by atoms with Crippen LogP contribution in [0.4, 0.5) is 0 Å². The van der Waals surface area contributed by atoms with Gasteiger partial charge in [0.15, 0.2) is 11.6 Å². The van der Waals surface area contributed by atoms with E-state index in [0.717, 1.165) is 19.3 Å². The van der Waals surface area contributed by atoms with Crippen LogP contribution < -0.4 is 0 Å². The van der Waals surface area contributed by atoms with Crippen LogP contribution >= 0.6 is 11.6 Å². The summed E-state index contributed by atoms with van der Waals surface area (Å²) in [6.45, 7) is 1.04. The molecule has 0 aliphatic carbocycles. The van der Waals surface area contributed by atoms with Gasteiger partial charge in [-0.25, -0.2) is 9.97 Å². The van der Waals surface area contributed by atoms with E-state index < -0.39 is 0 Å². The zero-order chi connectivity index (χ0) is 16.2. The molecule has 1 aliphatic rings. The van der Waals surface area contributed by atoms with Crippen molar-refractivity contribution >= 4 is 17.5 Å². The summed E-state index contributed by atoms with van der Waals surface area (Å²) in [5.74, 6) is 1.16. The predicted octanol–water partition coefficient (Wildman–Crippen LogP) is 2.37. The van der Waals surface area contributed by atoms with Gasteiger partial charge in [-0.15, -0.1) is 0 Å². The molecule has 8 heteroatoms. The molecule has 1 amide bonds. The van der Waals surface area contributed by atoms with E-state index >= 15 is 0 Å². The molecular weight excluding hydrogens is 318 g/mol. The van der Waals surface area contributed by atoms with Gasteiger partial charge < -0.3 is 9.64 Å². The SMILES string of the molecule is COCc1nc([C@@H]2CCCCN2C(=O)c2ccc(Cl)cn2)n[nH]1. The van der Waals surface area contributed by atoms with Crippen LogP contribution in [-0.2, 0) is 11.3 Å². The zero-order valence-corrected chi connectivity index (χ0v) is 13.6. The number of H-pyrrole nitrogens is 1. The first-order valence-electron chi connectivity index (χ1n) is 7.51. The fourth-order valence-electron chi connectivity index (χ4n) is 2.75. The molecule has 0 radical (unpaired) electrons. The third-order valence-corrected chi connectivity index (χ3v) is 4.06. The van der Waals surface area contributed by atoms with Crippen molar-refractivity contribution in [2.24, 2.45) is 0 Å². The molecule has 0 bridgehead atoms. The summed E-state index contributed by atoms with van der Waals surface area (Å²) >= 11 is 5.84. The quantitative estimate of drug-likeness (QED) is 0.927. The average Bonchev–Trinajstić information content (AvgIpc) is 3.04. The largest absolute Gasteiger partial charge is 0.377 e. The first kappa shape index (κ1) is 15.9. The van der Waals surface area contributed by atoms with Crippen LogP contribution in [0.3, 0.4) is 0 Å². The number of hydrogen-bond donors (Lipinski definition) is 1. The van der Waals surface area contributed by atoms with Crippen molar-refractivity contribution in [2.45, 2.75) is 31.9 Å². The van der Waals surface area contributed by atoms with E-state index in [-0.39, 0.29) is 11.9 Å². The lowest BCUT2D eigenvalue weighted by molar-refractivity contribution is 0.0594. The number of aromatic amines is 1. The second-order valence-corrected chi connectivity index (χ2v) is 5.88. The van der Waals surface area contributed by atoms with Crippen LogP contribution in [0.2, 0.25) is 5.02 Å². The van der Waals surface area contributed by atoms with Crippen molar-refractivity contribution in [1.82, 2.24) is 25.1 Å². The number of carbonyl (C=O) groups is 1. The number of halogens is 1. The lowest BCUT2D eigenvalue weighted by Crippen LogP contribution is -2.39. The molecule has 1 aliphatic heterocycles. The Hall–Kier alpha value is -1.99. The number of likely N-dealkylation sites (tertiary alicyclic amines) is 1. The number of aromatic nitrogens is 4. The van der Waals surface area contributed by atoms with Gasteiger partial charge in [0.25, 0.3) is 5.91 Å². The minimum atomic E-state index is -0.143. The van der Waals surface area contributed by atoms with E-state index in [9.17, 15) is 4.79 Å². The Labute approximate surface area is 139 Å². The second kappa shape index (κ2) is 7.06. The average molecular weight is 336 g/mol. The standard InChI is InChI=1S/C15H18ClN5O2/c1-23-9-13-18-14(20-19-13)12-4-2-3-7-21(12)15(22)11-6-5-10(16)8-17-11/h5-6,8,12H,2-4,7,9H2,1H3,(H,18,19,20)/t12-/m0/s1. The molecule has 0 spiro atoms. The maximum atomic E-state index is 12.8. The Bertz CT molecular complexity index is 673. The molecule has 2 aromatic rings. The number of methoxy groups -OCH3 is 1. The van der Waals surface area contributed by atoms with Gasteiger partial charge in [0.05, 0.1) is 11.1 Å². The van der Waals surface area contributed by atoms with E-state index in [0.29, 0.717) is 35.5 Å². The molecule has 2 aromatic heterocycles. The predicted molar refractivity (Wildman–Crippen MR) is 84.0 cm³/mol. The van der Waals surface area contributed by atoms with E-state index in [4.69, 9.17) is 16.3 Å². The number of rotatable bonds is 4. The number of nitrogens with zero attached hydrogens (tertiary/aromatic N) is 4. The normalized spacial score (nSPS) is 18.2. The van der Waals surface area contributed by atoms with Gasteiger partial charge >= 0.3 is 0 Å². The van der Waals surface area contributed by atoms with Crippen molar-refractivity contribution < 1.29 is 9.53 Å². The van der Waals surface area contributed by atoms with Crippen molar-refractivity contribution in [1.29, 1.82) is 0 Å². The lowest BCUT2D eigenvalue weighted by atomic mass is 10.0. The third-order valence-electron chi connectivity index (χ3n) is 3.84. The molecular formula is C15H18ClN5O2. The molecule has 1 saturated heterocycles. The molecule has 1 fully saturated rings. The van der Waals surface area contributed by atoms with Gasteiger partial charge in [0, 0.05) is 19.9 Å². The molecule has 7 nitrogen and oxygen atoms in total. The molecule has 0 aromatic carbocycles.